The van der Waals surface area contributed by atoms with Gasteiger partial charge in [-0.05, 0) is 49.9 Å². The van der Waals surface area contributed by atoms with Gasteiger partial charge in [-0.3, -0.25) is 4.79 Å². The molecule has 8 nitrogen and oxygen atoms in total. The van der Waals surface area contributed by atoms with Crippen LogP contribution in [0.25, 0.3) is 0 Å². The maximum absolute atomic E-state index is 13.6. The molecule has 0 radical (unpaired) electrons. The first-order valence-electron chi connectivity index (χ1n) is 11.2. The van der Waals surface area contributed by atoms with Crippen LogP contribution in [0.2, 0.25) is 0 Å². The lowest BCUT2D eigenvalue weighted by atomic mass is 9.91. The van der Waals surface area contributed by atoms with Gasteiger partial charge >= 0.3 is 6.18 Å². The fourth-order valence-corrected chi connectivity index (χ4v) is 6.77. The van der Waals surface area contributed by atoms with Crippen LogP contribution in [0.1, 0.15) is 31.2 Å². The molecule has 2 heterocycles. The van der Waals surface area contributed by atoms with Crippen LogP contribution in [0, 0.1) is 0 Å². The van der Waals surface area contributed by atoms with E-state index in [1.165, 1.54) is 16.4 Å². The number of aliphatic hydroxyl groups is 1. The summed E-state index contributed by atoms with van der Waals surface area (Å²) in [7, 11) is -2.45. The Bertz CT molecular complexity index is 923. The monoisotopic (exact) mass is 508 g/mol. The molecule has 34 heavy (non-hydrogen) atoms. The third kappa shape index (κ3) is 5.73. The molecule has 2 aliphatic heterocycles. The molecule has 0 saturated carbocycles. The number of carbonyl (C=O) groups excluding carboxylic acids is 1. The van der Waals surface area contributed by atoms with Crippen molar-refractivity contribution in [3.63, 3.8) is 0 Å². The van der Waals surface area contributed by atoms with Gasteiger partial charge in [0.15, 0.2) is 5.78 Å². The molecule has 0 amide bonds. The molecule has 0 aliphatic carbocycles. The zero-order chi connectivity index (χ0) is 25.0. The number of Topliss-reactive ketones (excluding diaryl/α,β-unsaturated/α-hetero) is 1. The molecule has 2 fully saturated rings. The van der Waals surface area contributed by atoms with Crippen molar-refractivity contribution in [1.82, 2.24) is 9.21 Å². The lowest BCUT2D eigenvalue weighted by Gasteiger charge is -2.43. The highest BCUT2D eigenvalue weighted by Crippen LogP contribution is 2.36. The number of methoxy groups -OCH3 is 1. The van der Waals surface area contributed by atoms with Gasteiger partial charge in [0.1, 0.15) is 23.2 Å². The topological polar surface area (TPSA) is 96.4 Å². The van der Waals surface area contributed by atoms with Gasteiger partial charge in [-0.25, -0.2) is 12.7 Å². The third-order valence-electron chi connectivity index (χ3n) is 6.65. The molecule has 0 bridgehead atoms. The van der Waals surface area contributed by atoms with Gasteiger partial charge < -0.3 is 19.5 Å². The van der Waals surface area contributed by atoms with Crippen LogP contribution in [0.3, 0.4) is 0 Å². The molecule has 1 aromatic carbocycles. The summed E-state index contributed by atoms with van der Waals surface area (Å²) in [5, 5.41) is 9.54. The Labute approximate surface area is 197 Å². The standard InChI is InChI=1S/C22H31F3N2O6S/c1-32-15-14-26-12-8-21(9-13-26,20(29)16-28)34(30,31)27-10-6-19(7-11-27)33-18-4-2-17(3-5-18)22(23,24)25/h2-5,19,28H,6-16H2,1H3. The van der Waals surface area contributed by atoms with Crippen molar-refractivity contribution in [2.24, 2.45) is 0 Å². The summed E-state index contributed by atoms with van der Waals surface area (Å²) in [6, 6.07) is 4.38. The average Bonchev–Trinajstić information content (AvgIpc) is 2.82. The molecule has 2 aliphatic rings. The van der Waals surface area contributed by atoms with Crippen LogP contribution in [0.15, 0.2) is 24.3 Å². The summed E-state index contributed by atoms with van der Waals surface area (Å²) >= 11 is 0. The summed E-state index contributed by atoms with van der Waals surface area (Å²) in [6.45, 7) is 1.35. The lowest BCUT2D eigenvalue weighted by molar-refractivity contribution is -0.137. The number of carbonyl (C=O) groups is 1. The molecule has 0 aromatic heterocycles. The van der Waals surface area contributed by atoms with Gasteiger partial charge in [-0.2, -0.15) is 13.2 Å². The highest BCUT2D eigenvalue weighted by molar-refractivity contribution is 7.91. The zero-order valence-electron chi connectivity index (χ0n) is 19.1. The van der Waals surface area contributed by atoms with E-state index in [-0.39, 0.29) is 37.8 Å². The number of ether oxygens (including phenoxy) is 2. The van der Waals surface area contributed by atoms with Crippen LogP contribution >= 0.6 is 0 Å². The second kappa shape index (κ2) is 10.9. The predicted molar refractivity (Wildman–Crippen MR) is 118 cm³/mol. The van der Waals surface area contributed by atoms with E-state index in [9.17, 15) is 31.5 Å². The number of ketones is 1. The quantitative estimate of drug-likeness (QED) is 0.545. The minimum Gasteiger partial charge on any atom is -0.490 e. The smallest absolute Gasteiger partial charge is 0.416 e. The summed E-state index contributed by atoms with van der Waals surface area (Å²) in [4.78, 5) is 14.7. The molecule has 0 spiro atoms. The molecule has 0 unspecified atom stereocenters. The molecular formula is C22H31F3N2O6S. The minimum atomic E-state index is -4.43. The number of alkyl halides is 3. The van der Waals surface area contributed by atoms with Gasteiger partial charge in [-0.1, -0.05) is 0 Å². The molecule has 192 valence electrons. The Hall–Kier alpha value is -1.73. The number of sulfonamides is 1. The Kier molecular flexibility index (Phi) is 8.61. The van der Waals surface area contributed by atoms with Crippen LogP contribution < -0.4 is 4.74 Å². The summed E-state index contributed by atoms with van der Waals surface area (Å²) in [5.41, 5.74) is -0.770. The first-order valence-corrected chi connectivity index (χ1v) is 12.7. The molecule has 0 atom stereocenters. The number of halogens is 3. The van der Waals surface area contributed by atoms with Crippen molar-refractivity contribution in [3.8, 4) is 5.75 Å². The van der Waals surface area contributed by atoms with Crippen LogP contribution in [0.4, 0.5) is 13.2 Å². The van der Waals surface area contributed by atoms with Gasteiger partial charge in [0.25, 0.3) is 0 Å². The van der Waals surface area contributed by atoms with Crippen LogP contribution in [-0.4, -0.2) is 92.4 Å². The van der Waals surface area contributed by atoms with E-state index < -0.39 is 38.9 Å². The predicted octanol–water partition coefficient (Wildman–Crippen LogP) is 1.92. The van der Waals surface area contributed by atoms with Crippen LogP contribution in [0.5, 0.6) is 5.75 Å². The van der Waals surface area contributed by atoms with Gasteiger partial charge in [-0.15, -0.1) is 0 Å². The van der Waals surface area contributed by atoms with Crippen molar-refractivity contribution in [2.75, 3.05) is 53.0 Å². The van der Waals surface area contributed by atoms with Crippen LogP contribution in [-0.2, 0) is 25.7 Å². The highest BCUT2D eigenvalue weighted by Gasteiger charge is 2.54. The van der Waals surface area contributed by atoms with Crippen molar-refractivity contribution in [3.05, 3.63) is 29.8 Å². The number of hydrogen-bond acceptors (Lipinski definition) is 7. The summed E-state index contributed by atoms with van der Waals surface area (Å²) < 4.78 is 75.8. The highest BCUT2D eigenvalue weighted by atomic mass is 32.2. The number of benzene rings is 1. The molecule has 1 N–H and O–H groups in total. The van der Waals surface area contributed by atoms with E-state index in [4.69, 9.17) is 9.47 Å². The number of rotatable bonds is 9. The number of hydrogen-bond donors (Lipinski definition) is 1. The Morgan fingerprint density at radius 3 is 2.21 bits per heavy atom. The van der Waals surface area contributed by atoms with E-state index in [0.717, 1.165) is 12.1 Å². The second-order valence-electron chi connectivity index (χ2n) is 8.65. The lowest BCUT2D eigenvalue weighted by Crippen LogP contribution is -2.60. The van der Waals surface area contributed by atoms with E-state index in [1.54, 1.807) is 7.11 Å². The van der Waals surface area contributed by atoms with Gasteiger partial charge in [0.05, 0.1) is 12.2 Å². The first kappa shape index (κ1) is 26.9. The number of aliphatic hydroxyl groups excluding tert-OH is 1. The van der Waals surface area contributed by atoms with E-state index in [1.807, 2.05) is 4.90 Å². The molecule has 1 aromatic rings. The summed E-state index contributed by atoms with van der Waals surface area (Å²) in [6.07, 6.45) is -3.92. The number of nitrogens with zero attached hydrogens (tertiary/aromatic N) is 2. The molecule has 12 heteroatoms. The average molecular weight is 509 g/mol. The SMILES string of the molecule is COCCN1CCC(C(=O)CO)(S(=O)(=O)N2CCC(Oc3ccc(C(F)(F)F)cc3)CC2)CC1. The van der Waals surface area contributed by atoms with E-state index in [2.05, 4.69) is 0 Å². The second-order valence-corrected chi connectivity index (χ2v) is 10.9. The molecular weight excluding hydrogens is 477 g/mol. The van der Waals surface area contributed by atoms with Crippen molar-refractivity contribution < 1.29 is 41.0 Å². The minimum absolute atomic E-state index is 0.0976. The first-order chi connectivity index (χ1) is 16.0. The van der Waals surface area contributed by atoms with E-state index in [0.29, 0.717) is 39.1 Å². The Morgan fingerprint density at radius 1 is 1.12 bits per heavy atom. The maximum Gasteiger partial charge on any atom is 0.416 e. The number of likely N-dealkylation sites (tertiary alicyclic amines) is 1. The van der Waals surface area contributed by atoms with Crippen molar-refractivity contribution in [1.29, 1.82) is 0 Å². The van der Waals surface area contributed by atoms with E-state index >= 15 is 0 Å². The largest absolute Gasteiger partial charge is 0.490 e. The third-order valence-corrected chi connectivity index (χ3v) is 9.31. The normalized spacial score (nSPS) is 20.9. The van der Waals surface area contributed by atoms with Crippen molar-refractivity contribution >= 4 is 15.8 Å². The van der Waals surface area contributed by atoms with Crippen molar-refractivity contribution in [2.45, 2.75) is 42.7 Å². The Morgan fingerprint density at radius 2 is 1.71 bits per heavy atom. The molecule has 3 rings (SSSR count). The fourth-order valence-electron chi connectivity index (χ4n) is 4.54. The summed E-state index contributed by atoms with van der Waals surface area (Å²) in [5.74, 6) is -0.410. The molecule has 2 saturated heterocycles. The maximum atomic E-state index is 13.6. The van der Waals surface area contributed by atoms with Gasteiger partial charge in [0.2, 0.25) is 10.0 Å². The number of piperidine rings is 2. The Balaban J connectivity index is 1.63. The zero-order valence-corrected chi connectivity index (χ0v) is 19.9. The fraction of sp³-hybridized carbons (Fsp3) is 0.682. The van der Waals surface area contributed by atoms with Gasteiger partial charge in [0, 0.05) is 39.8 Å².